The molecule has 2 aromatic rings. The summed E-state index contributed by atoms with van der Waals surface area (Å²) in [5.74, 6) is 0.375. The van der Waals surface area contributed by atoms with Crippen LogP contribution in [0, 0.1) is 5.82 Å². The molecular formula is C15H17ClFN3. The molecule has 0 spiro atoms. The van der Waals surface area contributed by atoms with Crippen LogP contribution in [-0.4, -0.2) is 34.1 Å². The van der Waals surface area contributed by atoms with Crippen LogP contribution in [0.2, 0.25) is 5.02 Å². The Morgan fingerprint density at radius 1 is 1.45 bits per heavy atom. The average Bonchev–Trinajstić information content (AvgIpc) is 3.08. The lowest BCUT2D eigenvalue weighted by Crippen LogP contribution is -2.21. The van der Waals surface area contributed by atoms with Crippen molar-refractivity contribution in [2.24, 2.45) is 0 Å². The van der Waals surface area contributed by atoms with Crippen molar-refractivity contribution in [2.45, 2.75) is 19.4 Å². The van der Waals surface area contributed by atoms with Gasteiger partial charge in [0.1, 0.15) is 11.6 Å². The Hall–Kier alpha value is -1.39. The number of benzene rings is 1. The van der Waals surface area contributed by atoms with Crippen LogP contribution in [0.3, 0.4) is 0 Å². The van der Waals surface area contributed by atoms with Crippen molar-refractivity contribution in [1.29, 1.82) is 0 Å². The highest BCUT2D eigenvalue weighted by molar-refractivity contribution is 6.30. The number of halogens is 2. The molecule has 106 valence electrons. The fourth-order valence-electron chi connectivity index (χ4n) is 2.81. The van der Waals surface area contributed by atoms with Crippen molar-refractivity contribution < 1.29 is 4.39 Å². The lowest BCUT2D eigenvalue weighted by atomic mass is 10.1. The van der Waals surface area contributed by atoms with E-state index in [-0.39, 0.29) is 5.82 Å². The average molecular weight is 294 g/mol. The summed E-state index contributed by atoms with van der Waals surface area (Å²) in [6.07, 6.45) is 4.73. The summed E-state index contributed by atoms with van der Waals surface area (Å²) in [6, 6.07) is 4.94. The molecule has 2 heterocycles. The van der Waals surface area contributed by atoms with Gasteiger partial charge in [0.2, 0.25) is 0 Å². The van der Waals surface area contributed by atoms with Gasteiger partial charge in [-0.05, 0) is 31.2 Å². The minimum Gasteiger partial charge on any atom is -0.327 e. The number of likely N-dealkylation sites (N-methyl/N-ethyl adjacent to an activating group) is 1. The number of nitrogens with zero attached hydrogens (tertiary/aromatic N) is 3. The second kappa shape index (κ2) is 5.54. The van der Waals surface area contributed by atoms with Gasteiger partial charge in [0.15, 0.2) is 0 Å². The second-order valence-electron chi connectivity index (χ2n) is 5.12. The normalized spacial score (nSPS) is 19.6. The van der Waals surface area contributed by atoms with Crippen LogP contribution in [0.15, 0.2) is 30.6 Å². The first-order chi connectivity index (χ1) is 9.69. The van der Waals surface area contributed by atoms with E-state index in [4.69, 9.17) is 11.6 Å². The highest BCUT2D eigenvalue weighted by atomic mass is 35.5. The van der Waals surface area contributed by atoms with Crippen LogP contribution in [0.4, 0.5) is 4.39 Å². The molecule has 0 radical (unpaired) electrons. The van der Waals surface area contributed by atoms with Crippen molar-refractivity contribution in [2.75, 3.05) is 19.6 Å². The van der Waals surface area contributed by atoms with Crippen molar-refractivity contribution in [1.82, 2.24) is 14.5 Å². The summed E-state index contributed by atoms with van der Waals surface area (Å²) >= 11 is 5.98. The fourth-order valence-corrected chi connectivity index (χ4v) is 2.98. The maximum atomic E-state index is 14.0. The Kier molecular flexibility index (Phi) is 3.76. The second-order valence-corrected chi connectivity index (χ2v) is 5.55. The quantitative estimate of drug-likeness (QED) is 0.862. The zero-order valence-corrected chi connectivity index (χ0v) is 12.1. The molecule has 0 saturated carbocycles. The molecule has 0 amide bonds. The number of hydrogen-bond donors (Lipinski definition) is 0. The van der Waals surface area contributed by atoms with E-state index in [1.165, 1.54) is 6.07 Å². The van der Waals surface area contributed by atoms with Crippen molar-refractivity contribution in [3.63, 3.8) is 0 Å². The zero-order valence-electron chi connectivity index (χ0n) is 11.4. The molecule has 0 aliphatic carbocycles. The molecule has 1 atom stereocenters. The van der Waals surface area contributed by atoms with Gasteiger partial charge in [0.05, 0.1) is 5.56 Å². The molecule has 1 aromatic carbocycles. The highest BCUT2D eigenvalue weighted by Crippen LogP contribution is 2.30. The maximum Gasteiger partial charge on any atom is 0.143 e. The van der Waals surface area contributed by atoms with E-state index in [1.807, 2.05) is 6.20 Å². The third-order valence-corrected chi connectivity index (χ3v) is 4.16. The zero-order chi connectivity index (χ0) is 14.1. The molecule has 20 heavy (non-hydrogen) atoms. The van der Waals surface area contributed by atoms with Crippen LogP contribution in [0.5, 0.6) is 0 Å². The molecule has 3 nitrogen and oxygen atoms in total. The molecule has 1 aliphatic heterocycles. The summed E-state index contributed by atoms with van der Waals surface area (Å²) in [5, 5.41) is 0.526. The first kappa shape index (κ1) is 13.6. The predicted octanol–water partition coefficient (Wildman–Crippen LogP) is 3.61. The molecule has 1 saturated heterocycles. The van der Waals surface area contributed by atoms with Crippen molar-refractivity contribution >= 4 is 11.6 Å². The number of hydrogen-bond acceptors (Lipinski definition) is 2. The highest BCUT2D eigenvalue weighted by Gasteiger charge is 2.25. The van der Waals surface area contributed by atoms with Gasteiger partial charge in [0.25, 0.3) is 0 Å². The lowest BCUT2D eigenvalue weighted by molar-refractivity contribution is 0.342. The van der Waals surface area contributed by atoms with Crippen molar-refractivity contribution in [3.05, 3.63) is 41.4 Å². The van der Waals surface area contributed by atoms with E-state index < -0.39 is 0 Å². The molecule has 0 N–H and O–H groups in total. The number of rotatable bonds is 3. The van der Waals surface area contributed by atoms with Gasteiger partial charge >= 0.3 is 0 Å². The summed E-state index contributed by atoms with van der Waals surface area (Å²) < 4.78 is 16.1. The molecular weight excluding hydrogens is 277 g/mol. The van der Waals surface area contributed by atoms with Gasteiger partial charge in [-0.3, -0.25) is 0 Å². The molecule has 1 fully saturated rings. The van der Waals surface area contributed by atoms with Gasteiger partial charge in [-0.25, -0.2) is 9.37 Å². The first-order valence-electron chi connectivity index (χ1n) is 6.89. The van der Waals surface area contributed by atoms with E-state index in [0.29, 0.717) is 22.5 Å². The third kappa shape index (κ3) is 2.45. The minimum atomic E-state index is -0.285. The molecule has 1 aromatic heterocycles. The van der Waals surface area contributed by atoms with E-state index in [2.05, 4.69) is 21.4 Å². The standard InChI is InChI=1S/C15H17ClFN3/c1-2-19-7-5-12(10-19)20-8-6-18-15(20)13-9-11(16)3-4-14(13)17/h3-4,6,8-9,12H,2,5,7,10H2,1H3. The van der Waals surface area contributed by atoms with Crippen LogP contribution in [-0.2, 0) is 0 Å². The fraction of sp³-hybridized carbons (Fsp3) is 0.400. The van der Waals surface area contributed by atoms with Gasteiger partial charge in [0, 0.05) is 36.5 Å². The Bertz CT molecular complexity index is 611. The summed E-state index contributed by atoms with van der Waals surface area (Å²) in [7, 11) is 0. The van der Waals surface area contributed by atoms with Gasteiger partial charge in [-0.15, -0.1) is 0 Å². The van der Waals surface area contributed by atoms with Crippen LogP contribution in [0.1, 0.15) is 19.4 Å². The van der Waals surface area contributed by atoms with E-state index >= 15 is 0 Å². The monoisotopic (exact) mass is 293 g/mol. The smallest absolute Gasteiger partial charge is 0.143 e. The summed E-state index contributed by atoms with van der Waals surface area (Å²) in [5.41, 5.74) is 0.470. The molecule has 1 unspecified atom stereocenters. The Labute approximate surface area is 123 Å². The van der Waals surface area contributed by atoms with Crippen molar-refractivity contribution in [3.8, 4) is 11.4 Å². The number of imidazole rings is 1. The van der Waals surface area contributed by atoms with Gasteiger partial charge in [-0.1, -0.05) is 18.5 Å². The number of aromatic nitrogens is 2. The van der Waals surface area contributed by atoms with E-state index in [9.17, 15) is 4.39 Å². The molecule has 5 heteroatoms. The summed E-state index contributed by atoms with van der Waals surface area (Å²) in [4.78, 5) is 6.72. The van der Waals surface area contributed by atoms with Crippen LogP contribution in [0.25, 0.3) is 11.4 Å². The Morgan fingerprint density at radius 3 is 3.05 bits per heavy atom. The molecule has 0 bridgehead atoms. The first-order valence-corrected chi connectivity index (χ1v) is 7.27. The Balaban J connectivity index is 1.96. The van der Waals surface area contributed by atoms with Crippen LogP contribution < -0.4 is 0 Å². The Morgan fingerprint density at radius 2 is 2.30 bits per heavy atom. The molecule has 1 aliphatic rings. The van der Waals surface area contributed by atoms with Crippen LogP contribution >= 0.6 is 11.6 Å². The van der Waals surface area contributed by atoms with Gasteiger partial charge < -0.3 is 9.47 Å². The van der Waals surface area contributed by atoms with E-state index in [1.54, 1.807) is 18.3 Å². The largest absolute Gasteiger partial charge is 0.327 e. The maximum absolute atomic E-state index is 14.0. The third-order valence-electron chi connectivity index (χ3n) is 3.93. The topological polar surface area (TPSA) is 21.1 Å². The molecule has 3 rings (SSSR count). The number of likely N-dealkylation sites (tertiary alicyclic amines) is 1. The SMILES string of the molecule is CCN1CCC(n2ccnc2-c2cc(Cl)ccc2F)C1. The summed E-state index contributed by atoms with van der Waals surface area (Å²) in [6.45, 7) is 5.28. The van der Waals surface area contributed by atoms with E-state index in [0.717, 1.165) is 26.1 Å². The predicted molar refractivity (Wildman–Crippen MR) is 78.4 cm³/mol. The van der Waals surface area contributed by atoms with Gasteiger partial charge in [-0.2, -0.15) is 0 Å². The lowest BCUT2D eigenvalue weighted by Gasteiger charge is -2.17. The minimum absolute atomic E-state index is 0.285.